The van der Waals surface area contributed by atoms with Crippen molar-refractivity contribution in [1.29, 1.82) is 0 Å². The average Bonchev–Trinajstić information content (AvgIpc) is 3.15. The lowest BCUT2D eigenvalue weighted by Gasteiger charge is -2.09. The Kier molecular flexibility index (Phi) is 3.96. The molecule has 4 aromatic heterocycles. The van der Waals surface area contributed by atoms with Crippen LogP contribution in [0.3, 0.4) is 0 Å². The van der Waals surface area contributed by atoms with Gasteiger partial charge in [0.05, 0.1) is 25.0 Å². The standard InChI is InChI=1S/C18H16N6O/c1-25-17-9-15(22-11-23-17)14-8-16(24-18-13(14)5-7-20-18)21-10-12-4-2-3-6-19-12/h2-9,11H,10H2,1H3,(H2,20,21,24). The molecule has 4 aromatic rings. The Balaban J connectivity index is 1.72. The molecule has 4 rings (SSSR count). The fourth-order valence-electron chi connectivity index (χ4n) is 2.62. The third kappa shape index (κ3) is 3.12. The highest BCUT2D eigenvalue weighted by Gasteiger charge is 2.11. The van der Waals surface area contributed by atoms with E-state index in [1.165, 1.54) is 6.33 Å². The second-order valence-electron chi connectivity index (χ2n) is 5.42. The maximum atomic E-state index is 5.21. The van der Waals surface area contributed by atoms with Crippen LogP contribution >= 0.6 is 0 Å². The summed E-state index contributed by atoms with van der Waals surface area (Å²) in [6.45, 7) is 0.590. The van der Waals surface area contributed by atoms with Gasteiger partial charge < -0.3 is 15.0 Å². The molecule has 7 nitrogen and oxygen atoms in total. The molecule has 0 fully saturated rings. The molecular weight excluding hydrogens is 316 g/mol. The lowest BCUT2D eigenvalue weighted by atomic mass is 10.1. The van der Waals surface area contributed by atoms with E-state index in [4.69, 9.17) is 4.74 Å². The van der Waals surface area contributed by atoms with Crippen molar-refractivity contribution in [3.8, 4) is 17.1 Å². The number of fused-ring (bicyclic) bond motifs is 1. The number of anilines is 1. The van der Waals surface area contributed by atoms with Crippen molar-refractivity contribution in [2.45, 2.75) is 6.54 Å². The zero-order valence-corrected chi connectivity index (χ0v) is 13.6. The van der Waals surface area contributed by atoms with Crippen LogP contribution in [0.2, 0.25) is 0 Å². The van der Waals surface area contributed by atoms with Crippen molar-refractivity contribution in [2.75, 3.05) is 12.4 Å². The van der Waals surface area contributed by atoms with Crippen LogP contribution in [0.15, 0.2) is 55.1 Å². The Morgan fingerprint density at radius 3 is 2.92 bits per heavy atom. The summed E-state index contributed by atoms with van der Waals surface area (Å²) >= 11 is 0. The van der Waals surface area contributed by atoms with Crippen molar-refractivity contribution >= 4 is 16.9 Å². The Morgan fingerprint density at radius 1 is 1.12 bits per heavy atom. The van der Waals surface area contributed by atoms with Gasteiger partial charge >= 0.3 is 0 Å². The summed E-state index contributed by atoms with van der Waals surface area (Å²) in [5, 5.41) is 4.30. The third-order valence-electron chi connectivity index (χ3n) is 3.83. The second kappa shape index (κ2) is 6.56. The minimum absolute atomic E-state index is 0.522. The molecule has 0 amide bonds. The number of ether oxygens (including phenoxy) is 1. The predicted octanol–water partition coefficient (Wildman–Crippen LogP) is 3.04. The van der Waals surface area contributed by atoms with E-state index in [-0.39, 0.29) is 0 Å². The van der Waals surface area contributed by atoms with E-state index in [1.807, 2.05) is 42.6 Å². The smallest absolute Gasteiger partial charge is 0.216 e. The summed E-state index contributed by atoms with van der Waals surface area (Å²) in [4.78, 5) is 20.5. The zero-order chi connectivity index (χ0) is 17.1. The fraction of sp³-hybridized carbons (Fsp3) is 0.111. The Hall–Kier alpha value is -3.48. The largest absolute Gasteiger partial charge is 0.481 e. The molecule has 0 atom stereocenters. The Labute approximate surface area is 144 Å². The second-order valence-corrected chi connectivity index (χ2v) is 5.42. The van der Waals surface area contributed by atoms with Crippen LogP contribution in [0.1, 0.15) is 5.69 Å². The van der Waals surface area contributed by atoms with E-state index in [0.29, 0.717) is 12.4 Å². The number of hydrogen-bond acceptors (Lipinski definition) is 6. The molecule has 0 aliphatic heterocycles. The molecule has 0 spiro atoms. The highest BCUT2D eigenvalue weighted by Crippen LogP contribution is 2.29. The molecule has 0 bridgehead atoms. The van der Waals surface area contributed by atoms with E-state index in [1.54, 1.807) is 13.3 Å². The van der Waals surface area contributed by atoms with Gasteiger partial charge in [0.25, 0.3) is 0 Å². The van der Waals surface area contributed by atoms with Gasteiger partial charge in [-0.1, -0.05) is 6.07 Å². The zero-order valence-electron chi connectivity index (χ0n) is 13.6. The molecule has 25 heavy (non-hydrogen) atoms. The highest BCUT2D eigenvalue weighted by molar-refractivity contribution is 5.93. The first-order chi connectivity index (χ1) is 12.3. The number of nitrogens with zero attached hydrogens (tertiary/aromatic N) is 4. The number of hydrogen-bond donors (Lipinski definition) is 2. The Morgan fingerprint density at radius 2 is 2.08 bits per heavy atom. The lowest BCUT2D eigenvalue weighted by Crippen LogP contribution is -2.03. The van der Waals surface area contributed by atoms with Crippen molar-refractivity contribution in [3.63, 3.8) is 0 Å². The molecule has 0 aliphatic carbocycles. The van der Waals surface area contributed by atoms with E-state index < -0.39 is 0 Å². The van der Waals surface area contributed by atoms with Crippen LogP contribution in [0.4, 0.5) is 5.82 Å². The number of aromatic nitrogens is 5. The number of pyridine rings is 2. The van der Waals surface area contributed by atoms with Gasteiger partial charge in [0.2, 0.25) is 5.88 Å². The van der Waals surface area contributed by atoms with Crippen LogP contribution in [0, 0.1) is 0 Å². The number of methoxy groups -OCH3 is 1. The van der Waals surface area contributed by atoms with E-state index in [2.05, 4.69) is 30.2 Å². The van der Waals surface area contributed by atoms with E-state index in [9.17, 15) is 0 Å². The van der Waals surface area contributed by atoms with E-state index >= 15 is 0 Å². The minimum Gasteiger partial charge on any atom is -0.481 e. The molecule has 0 unspecified atom stereocenters. The highest BCUT2D eigenvalue weighted by atomic mass is 16.5. The van der Waals surface area contributed by atoms with Crippen molar-refractivity contribution < 1.29 is 4.74 Å². The van der Waals surface area contributed by atoms with Gasteiger partial charge in [-0.05, 0) is 24.3 Å². The molecule has 0 saturated carbocycles. The predicted molar refractivity (Wildman–Crippen MR) is 95.2 cm³/mol. The number of H-pyrrole nitrogens is 1. The van der Waals surface area contributed by atoms with Gasteiger partial charge in [0.15, 0.2) is 0 Å². The maximum absolute atomic E-state index is 5.21. The number of aromatic amines is 1. The van der Waals surface area contributed by atoms with Gasteiger partial charge in [0.1, 0.15) is 17.8 Å². The minimum atomic E-state index is 0.522. The first-order valence-electron chi connectivity index (χ1n) is 7.82. The van der Waals surface area contributed by atoms with Gasteiger partial charge in [-0.25, -0.2) is 15.0 Å². The molecule has 7 heteroatoms. The quantitative estimate of drug-likeness (QED) is 0.584. The maximum Gasteiger partial charge on any atom is 0.216 e. The lowest BCUT2D eigenvalue weighted by molar-refractivity contribution is 0.397. The summed E-state index contributed by atoms with van der Waals surface area (Å²) in [5.74, 6) is 1.27. The molecular formula is C18H16N6O. The summed E-state index contributed by atoms with van der Waals surface area (Å²) in [7, 11) is 1.59. The first kappa shape index (κ1) is 15.1. The fourth-order valence-corrected chi connectivity index (χ4v) is 2.62. The summed E-state index contributed by atoms with van der Waals surface area (Å²) in [5.41, 5.74) is 3.47. The monoisotopic (exact) mass is 332 g/mol. The molecule has 124 valence electrons. The number of nitrogens with one attached hydrogen (secondary N) is 2. The molecule has 4 heterocycles. The van der Waals surface area contributed by atoms with Crippen LogP contribution in [-0.4, -0.2) is 32.0 Å². The first-order valence-corrected chi connectivity index (χ1v) is 7.82. The topological polar surface area (TPSA) is 88.6 Å². The summed E-state index contributed by atoms with van der Waals surface area (Å²) < 4.78 is 5.21. The average molecular weight is 332 g/mol. The summed E-state index contributed by atoms with van der Waals surface area (Å²) in [6.07, 6.45) is 5.13. The molecule has 0 radical (unpaired) electrons. The molecule has 2 N–H and O–H groups in total. The van der Waals surface area contributed by atoms with Gasteiger partial charge in [-0.3, -0.25) is 4.98 Å². The van der Waals surface area contributed by atoms with E-state index in [0.717, 1.165) is 33.8 Å². The van der Waals surface area contributed by atoms with Crippen LogP contribution in [-0.2, 0) is 6.54 Å². The van der Waals surface area contributed by atoms with Crippen LogP contribution < -0.4 is 10.1 Å². The molecule has 0 saturated heterocycles. The summed E-state index contributed by atoms with van der Waals surface area (Å²) in [6, 6.07) is 11.6. The normalized spacial score (nSPS) is 10.8. The third-order valence-corrected chi connectivity index (χ3v) is 3.83. The molecule has 0 aliphatic rings. The molecule has 0 aromatic carbocycles. The van der Waals surface area contributed by atoms with Gasteiger partial charge in [-0.2, -0.15) is 0 Å². The Bertz CT molecular complexity index is 999. The van der Waals surface area contributed by atoms with Gasteiger partial charge in [-0.15, -0.1) is 0 Å². The van der Waals surface area contributed by atoms with Crippen molar-refractivity contribution in [2.24, 2.45) is 0 Å². The van der Waals surface area contributed by atoms with Crippen molar-refractivity contribution in [3.05, 3.63) is 60.8 Å². The van der Waals surface area contributed by atoms with Crippen LogP contribution in [0.5, 0.6) is 5.88 Å². The van der Waals surface area contributed by atoms with Gasteiger partial charge in [0, 0.05) is 29.4 Å². The number of rotatable bonds is 5. The van der Waals surface area contributed by atoms with Crippen LogP contribution in [0.25, 0.3) is 22.3 Å². The SMILES string of the molecule is COc1cc(-c2cc(NCc3ccccn3)nc3[nH]ccc23)ncn1. The van der Waals surface area contributed by atoms with Crippen molar-refractivity contribution in [1.82, 2.24) is 24.9 Å².